The van der Waals surface area contributed by atoms with Gasteiger partial charge < -0.3 is 9.64 Å². The topological polar surface area (TPSA) is 114 Å². The minimum absolute atomic E-state index is 0.107. The van der Waals surface area contributed by atoms with Crippen LogP contribution in [0.15, 0.2) is 40.0 Å². The maximum Gasteiger partial charge on any atom is 0.338 e. The summed E-state index contributed by atoms with van der Waals surface area (Å²) in [7, 11) is -3.49. The minimum atomic E-state index is -3.49. The Bertz CT molecular complexity index is 1220. The molecule has 1 unspecified atom stereocenters. The zero-order valence-electron chi connectivity index (χ0n) is 17.1. The number of ether oxygens (including phenoxy) is 1. The molecule has 2 atom stereocenters. The molecule has 1 aromatic carbocycles. The lowest BCUT2D eigenvalue weighted by molar-refractivity contribution is -0.139. The van der Waals surface area contributed by atoms with Crippen molar-refractivity contribution in [2.75, 3.05) is 19.4 Å². The van der Waals surface area contributed by atoms with Crippen molar-refractivity contribution in [1.82, 2.24) is 19.8 Å². The van der Waals surface area contributed by atoms with E-state index >= 15 is 0 Å². The van der Waals surface area contributed by atoms with Gasteiger partial charge in [0.15, 0.2) is 10.8 Å². The number of hydrogen-bond acceptors (Lipinski definition) is 9. The van der Waals surface area contributed by atoms with Gasteiger partial charge in [-0.2, -0.15) is 0 Å². The molecule has 0 radical (unpaired) electrons. The lowest BCUT2D eigenvalue weighted by atomic mass is 9.94. The molecule has 0 spiro atoms. The molecule has 32 heavy (non-hydrogen) atoms. The smallest absolute Gasteiger partial charge is 0.338 e. The van der Waals surface area contributed by atoms with E-state index in [1.165, 1.54) is 23.5 Å². The quantitative estimate of drug-likeness (QED) is 0.606. The Morgan fingerprint density at radius 1 is 1.44 bits per heavy atom. The second kappa shape index (κ2) is 8.85. The van der Waals surface area contributed by atoms with Gasteiger partial charge in [-0.05, 0) is 19.1 Å². The third kappa shape index (κ3) is 4.53. The van der Waals surface area contributed by atoms with Gasteiger partial charge in [0.2, 0.25) is 10.0 Å². The van der Waals surface area contributed by atoms with Crippen LogP contribution < -0.4 is 4.72 Å². The number of aromatic nitrogens is 2. The number of carbonyl (C=O) groups excluding carboxylic acids is 1. The monoisotopic (exact) mass is 499 g/mol. The summed E-state index contributed by atoms with van der Waals surface area (Å²) in [4.78, 5) is 19.5. The predicted octanol–water partition coefficient (Wildman–Crippen LogP) is 2.27. The fourth-order valence-electron chi connectivity index (χ4n) is 3.83. The van der Waals surface area contributed by atoms with Crippen molar-refractivity contribution in [2.24, 2.45) is 4.99 Å². The Kier molecular flexibility index (Phi) is 6.30. The third-order valence-electron chi connectivity index (χ3n) is 4.94. The summed E-state index contributed by atoms with van der Waals surface area (Å²) in [6.07, 6.45) is 1.31. The number of carbonyl (C=O) groups is 1. The van der Waals surface area contributed by atoms with E-state index in [9.17, 15) is 17.6 Å². The summed E-state index contributed by atoms with van der Waals surface area (Å²) in [6, 6.07) is 2.48. The molecule has 2 aliphatic rings. The van der Waals surface area contributed by atoms with Gasteiger partial charge in [-0.3, -0.25) is 4.99 Å². The molecule has 0 amide bonds. The Morgan fingerprint density at radius 3 is 2.84 bits per heavy atom. The van der Waals surface area contributed by atoms with Gasteiger partial charge in [0, 0.05) is 35.3 Å². The minimum Gasteiger partial charge on any atom is -0.463 e. The second-order valence-electron chi connectivity index (χ2n) is 7.25. The van der Waals surface area contributed by atoms with Crippen molar-refractivity contribution in [3.8, 4) is 0 Å². The highest BCUT2D eigenvalue weighted by molar-refractivity contribution is 7.88. The van der Waals surface area contributed by atoms with E-state index in [1.807, 2.05) is 0 Å². The van der Waals surface area contributed by atoms with E-state index in [0.717, 1.165) is 12.3 Å². The first-order valence-corrected chi connectivity index (χ1v) is 12.8. The second-order valence-corrected chi connectivity index (χ2v) is 10.3. The number of fused-ring (bicyclic) bond motifs is 1. The number of nitrogens with zero attached hydrogens (tertiary/aromatic N) is 4. The zero-order valence-corrected chi connectivity index (χ0v) is 19.5. The molecule has 3 heterocycles. The van der Waals surface area contributed by atoms with Gasteiger partial charge >= 0.3 is 5.97 Å². The Morgan fingerprint density at radius 2 is 2.22 bits per heavy atom. The van der Waals surface area contributed by atoms with Gasteiger partial charge in [-0.15, -0.1) is 10.2 Å². The number of amidine groups is 1. The van der Waals surface area contributed by atoms with Crippen LogP contribution in [0.25, 0.3) is 0 Å². The summed E-state index contributed by atoms with van der Waals surface area (Å²) in [6.45, 7) is 2.06. The van der Waals surface area contributed by atoms with Crippen molar-refractivity contribution in [1.29, 1.82) is 0 Å². The molecule has 170 valence electrons. The number of esters is 1. The molecular weight excluding hydrogens is 481 g/mol. The summed E-state index contributed by atoms with van der Waals surface area (Å²) >= 11 is 7.58. The largest absolute Gasteiger partial charge is 0.463 e. The average Bonchev–Trinajstić information content (AvgIpc) is 3.35. The van der Waals surface area contributed by atoms with E-state index in [2.05, 4.69) is 14.9 Å². The van der Waals surface area contributed by atoms with Crippen LogP contribution in [0.1, 0.15) is 30.0 Å². The standard InChI is InChI=1S/C19H19ClFN5O4S2/c1-3-30-19(27)15-14-7-11(25-32(2,28)29)8-26(14)17(18-24-22-9-31-18)23-16(15)12-5-4-10(21)6-13(12)20/h4-6,9,11,16,25H,3,7-8H2,1-2H3/t11-,16?/m0/s1. The van der Waals surface area contributed by atoms with Crippen molar-refractivity contribution in [3.05, 3.63) is 56.4 Å². The highest BCUT2D eigenvalue weighted by atomic mass is 35.5. The molecule has 1 N–H and O–H groups in total. The lowest BCUT2D eigenvalue weighted by Gasteiger charge is -2.31. The molecule has 13 heteroatoms. The molecule has 0 aliphatic carbocycles. The third-order valence-corrected chi connectivity index (χ3v) is 6.72. The highest BCUT2D eigenvalue weighted by Gasteiger charge is 2.43. The molecule has 1 fully saturated rings. The van der Waals surface area contributed by atoms with Crippen LogP contribution in [0.4, 0.5) is 4.39 Å². The molecule has 0 bridgehead atoms. The van der Waals surface area contributed by atoms with Crippen LogP contribution in [-0.4, -0.2) is 60.8 Å². The van der Waals surface area contributed by atoms with Crippen molar-refractivity contribution >= 4 is 44.8 Å². The van der Waals surface area contributed by atoms with Gasteiger partial charge in [-0.1, -0.05) is 29.0 Å². The Labute approximate surface area is 193 Å². The number of nitrogens with one attached hydrogen (secondary N) is 1. The van der Waals surface area contributed by atoms with Crippen molar-refractivity contribution < 1.29 is 22.3 Å². The summed E-state index contributed by atoms with van der Waals surface area (Å²) in [5.41, 5.74) is 2.75. The van der Waals surface area contributed by atoms with Crippen LogP contribution in [0, 0.1) is 5.82 Å². The van der Waals surface area contributed by atoms with E-state index in [1.54, 1.807) is 17.3 Å². The molecular formula is C19H19ClFN5O4S2. The number of sulfonamides is 1. The maximum absolute atomic E-state index is 13.7. The number of aliphatic imine (C=N–C) groups is 1. The summed E-state index contributed by atoms with van der Waals surface area (Å²) in [5.74, 6) is -0.690. The van der Waals surface area contributed by atoms with Crippen LogP contribution in [0.5, 0.6) is 0 Å². The number of hydrogen-bond donors (Lipinski definition) is 1. The van der Waals surface area contributed by atoms with E-state index in [0.29, 0.717) is 22.1 Å². The fourth-order valence-corrected chi connectivity index (χ4v) is 5.42. The SMILES string of the molecule is CCOC(=O)C1=C2C[C@H](NS(C)(=O)=O)CN2C(c2nncs2)=NC1c1ccc(F)cc1Cl. The normalized spacial score (nSPS) is 20.9. The lowest BCUT2D eigenvalue weighted by Crippen LogP contribution is -2.39. The molecule has 1 saturated heterocycles. The molecule has 1 aromatic heterocycles. The van der Waals surface area contributed by atoms with E-state index < -0.39 is 33.9 Å². The zero-order chi connectivity index (χ0) is 23.0. The van der Waals surface area contributed by atoms with Crippen LogP contribution in [0.3, 0.4) is 0 Å². The van der Waals surface area contributed by atoms with Crippen LogP contribution in [-0.2, 0) is 19.6 Å². The van der Waals surface area contributed by atoms with E-state index in [-0.39, 0.29) is 30.2 Å². The highest BCUT2D eigenvalue weighted by Crippen LogP contribution is 2.42. The summed E-state index contributed by atoms with van der Waals surface area (Å²) < 4.78 is 45.3. The Hall–Kier alpha value is -2.41. The maximum atomic E-state index is 13.7. The number of rotatable bonds is 6. The van der Waals surface area contributed by atoms with Gasteiger partial charge in [0.1, 0.15) is 17.4 Å². The summed E-state index contributed by atoms with van der Waals surface area (Å²) in [5, 5.41) is 8.56. The number of halogens is 2. The van der Waals surface area contributed by atoms with Gasteiger partial charge in [-0.25, -0.2) is 22.3 Å². The van der Waals surface area contributed by atoms with Gasteiger partial charge in [0.05, 0.1) is 18.4 Å². The molecule has 2 aromatic rings. The molecule has 0 saturated carbocycles. The first kappa shape index (κ1) is 22.8. The van der Waals surface area contributed by atoms with Crippen molar-refractivity contribution in [3.63, 3.8) is 0 Å². The molecule has 4 rings (SSSR count). The average molecular weight is 500 g/mol. The molecule has 2 aliphatic heterocycles. The van der Waals surface area contributed by atoms with Crippen molar-refractivity contribution in [2.45, 2.75) is 25.4 Å². The van der Waals surface area contributed by atoms with Crippen LogP contribution in [0.2, 0.25) is 5.02 Å². The predicted molar refractivity (Wildman–Crippen MR) is 117 cm³/mol. The van der Waals surface area contributed by atoms with Gasteiger partial charge in [0.25, 0.3) is 0 Å². The van der Waals surface area contributed by atoms with E-state index in [4.69, 9.17) is 21.3 Å². The first-order chi connectivity index (χ1) is 15.2. The fraction of sp³-hybridized carbons (Fsp3) is 0.368. The Balaban J connectivity index is 1.89. The number of benzene rings is 1. The molecule has 9 nitrogen and oxygen atoms in total. The van der Waals surface area contributed by atoms with Crippen LogP contribution >= 0.6 is 22.9 Å². The first-order valence-electron chi connectivity index (χ1n) is 9.62.